The van der Waals surface area contributed by atoms with Crippen LogP contribution >= 0.6 is 0 Å². The summed E-state index contributed by atoms with van der Waals surface area (Å²) >= 11 is 0. The first-order chi connectivity index (χ1) is 19.5. The maximum Gasteiger partial charge on any atom is 0.244 e. The van der Waals surface area contributed by atoms with Crippen LogP contribution in [0.1, 0.15) is 37.0 Å². The zero-order valence-corrected chi connectivity index (χ0v) is 24.7. The van der Waals surface area contributed by atoms with E-state index in [0.717, 1.165) is 33.7 Å². The molecule has 0 unspecified atom stereocenters. The molecule has 1 N–H and O–H groups in total. The van der Waals surface area contributed by atoms with Crippen molar-refractivity contribution in [3.05, 3.63) is 89.5 Å². The Labute approximate surface area is 242 Å². The second-order valence-corrected chi connectivity index (χ2v) is 12.2. The number of ether oxygens (including phenoxy) is 2. The molecule has 1 aliphatic heterocycles. The first-order valence-electron chi connectivity index (χ1n) is 13.6. The van der Waals surface area contributed by atoms with Crippen LogP contribution in [0.3, 0.4) is 0 Å². The van der Waals surface area contributed by atoms with Crippen molar-refractivity contribution in [3.63, 3.8) is 0 Å². The summed E-state index contributed by atoms with van der Waals surface area (Å²) in [5.74, 6) is 0.0979. The predicted molar refractivity (Wildman–Crippen MR) is 158 cm³/mol. The summed E-state index contributed by atoms with van der Waals surface area (Å²) in [6.07, 6.45) is 2.04. The smallest absolute Gasteiger partial charge is 0.244 e. The molecule has 41 heavy (non-hydrogen) atoms. The number of amides is 2. The van der Waals surface area contributed by atoms with Gasteiger partial charge in [-0.05, 0) is 43.5 Å². The molecule has 1 aliphatic rings. The normalized spacial score (nSPS) is 13.8. The minimum atomic E-state index is -3.88. The molecule has 0 spiro atoms. The highest BCUT2D eigenvalue weighted by Gasteiger charge is 2.33. The molecular weight excluding hydrogens is 542 g/mol. The molecule has 2 atom stereocenters. The quantitative estimate of drug-likeness (QED) is 0.347. The third kappa shape index (κ3) is 7.79. The Bertz CT molecular complexity index is 1460. The molecule has 0 aromatic heterocycles. The number of aryl methyl sites for hydroxylation is 1. The van der Waals surface area contributed by atoms with E-state index < -0.39 is 28.5 Å². The van der Waals surface area contributed by atoms with Gasteiger partial charge in [0.2, 0.25) is 28.6 Å². The fourth-order valence-corrected chi connectivity index (χ4v) is 5.38. The van der Waals surface area contributed by atoms with Crippen LogP contribution in [0, 0.1) is 6.92 Å². The molecule has 3 aromatic rings. The fraction of sp³-hybridized carbons (Fsp3) is 0.355. The number of fused-ring (bicyclic) bond motifs is 1. The number of hydrogen-bond donors (Lipinski definition) is 1. The van der Waals surface area contributed by atoms with Crippen LogP contribution in [0.4, 0.5) is 5.69 Å². The van der Waals surface area contributed by atoms with Crippen molar-refractivity contribution in [2.45, 2.75) is 52.2 Å². The predicted octanol–water partition coefficient (Wildman–Crippen LogP) is 4.04. The summed E-state index contributed by atoms with van der Waals surface area (Å²) in [6, 6.07) is 20.9. The lowest BCUT2D eigenvalue weighted by Crippen LogP contribution is -2.54. The molecule has 10 heteroatoms. The average Bonchev–Trinajstić information content (AvgIpc) is 3.42. The number of carbonyl (C=O) groups excluding carboxylic acids is 2. The van der Waals surface area contributed by atoms with E-state index in [1.165, 1.54) is 11.0 Å². The highest BCUT2D eigenvalue weighted by atomic mass is 32.2. The molecule has 9 nitrogen and oxygen atoms in total. The fourth-order valence-electron chi connectivity index (χ4n) is 4.54. The van der Waals surface area contributed by atoms with Crippen LogP contribution in [0.25, 0.3) is 0 Å². The zero-order valence-electron chi connectivity index (χ0n) is 23.9. The highest BCUT2D eigenvalue weighted by molar-refractivity contribution is 7.92. The van der Waals surface area contributed by atoms with E-state index in [1.807, 2.05) is 75.4 Å². The highest BCUT2D eigenvalue weighted by Crippen LogP contribution is 2.36. The summed E-state index contributed by atoms with van der Waals surface area (Å²) in [5, 5.41) is 3.03. The average molecular weight is 580 g/mol. The molecule has 3 aromatic carbocycles. The topological polar surface area (TPSA) is 105 Å². The molecule has 0 saturated heterocycles. The van der Waals surface area contributed by atoms with Crippen molar-refractivity contribution < 1.29 is 27.5 Å². The number of nitrogens with zero attached hydrogens (tertiary/aromatic N) is 2. The van der Waals surface area contributed by atoms with Gasteiger partial charge in [0.15, 0.2) is 11.5 Å². The van der Waals surface area contributed by atoms with Gasteiger partial charge in [-0.3, -0.25) is 13.9 Å². The maximum absolute atomic E-state index is 14.2. The van der Waals surface area contributed by atoms with Gasteiger partial charge >= 0.3 is 0 Å². The second-order valence-electron chi connectivity index (χ2n) is 10.3. The number of nitrogens with one attached hydrogen (secondary N) is 1. The van der Waals surface area contributed by atoms with E-state index in [4.69, 9.17) is 9.47 Å². The van der Waals surface area contributed by atoms with Crippen molar-refractivity contribution >= 4 is 27.5 Å². The van der Waals surface area contributed by atoms with Gasteiger partial charge in [0, 0.05) is 25.1 Å². The molecule has 0 fully saturated rings. The van der Waals surface area contributed by atoms with Gasteiger partial charge in [-0.15, -0.1) is 0 Å². The number of carbonyl (C=O) groups is 2. The Morgan fingerprint density at radius 1 is 0.951 bits per heavy atom. The van der Waals surface area contributed by atoms with E-state index in [9.17, 15) is 18.0 Å². The molecule has 2 amide bonds. The van der Waals surface area contributed by atoms with Gasteiger partial charge < -0.3 is 19.7 Å². The van der Waals surface area contributed by atoms with Crippen molar-refractivity contribution in [2.75, 3.05) is 23.9 Å². The lowest BCUT2D eigenvalue weighted by atomic mass is 10.0. The summed E-state index contributed by atoms with van der Waals surface area (Å²) in [5.41, 5.74) is 3.04. The third-order valence-corrected chi connectivity index (χ3v) is 8.21. The van der Waals surface area contributed by atoms with Gasteiger partial charge in [-0.25, -0.2) is 8.42 Å². The van der Waals surface area contributed by atoms with E-state index in [2.05, 4.69) is 5.32 Å². The van der Waals surface area contributed by atoms with Gasteiger partial charge in [0.1, 0.15) is 12.6 Å². The van der Waals surface area contributed by atoms with Gasteiger partial charge in [-0.1, -0.05) is 67.1 Å². The molecule has 0 radical (unpaired) electrons. The first-order valence-corrected chi connectivity index (χ1v) is 15.5. The molecule has 4 rings (SSSR count). The standard InChI is InChI=1S/C31H37N3O6S/c1-5-23(3)32-31(36)27(17-24-9-7-6-8-10-24)33(19-25-13-11-22(2)12-14-25)30(35)20-34(41(4,37)38)26-15-16-28-29(18-26)40-21-39-28/h6-16,18,23,27H,5,17,19-21H2,1-4H3,(H,32,36)/t23-,27+/m1/s1. The van der Waals surface area contributed by atoms with Crippen molar-refractivity contribution in [2.24, 2.45) is 0 Å². The zero-order chi connectivity index (χ0) is 29.6. The van der Waals surface area contributed by atoms with Crippen LogP contribution in [0.5, 0.6) is 11.5 Å². The Hall–Kier alpha value is -4.05. The van der Waals surface area contributed by atoms with Gasteiger partial charge in [-0.2, -0.15) is 0 Å². The Kier molecular flexibility index (Phi) is 9.54. The number of hydrogen-bond acceptors (Lipinski definition) is 6. The number of sulfonamides is 1. The SMILES string of the molecule is CC[C@@H](C)NC(=O)[C@H](Cc1ccccc1)N(Cc1ccc(C)cc1)C(=O)CN(c1ccc2c(c1)OCO2)S(C)(=O)=O. The van der Waals surface area contributed by atoms with E-state index in [-0.39, 0.29) is 37.4 Å². The minimum Gasteiger partial charge on any atom is -0.454 e. The second kappa shape index (κ2) is 13.1. The van der Waals surface area contributed by atoms with Crippen molar-refractivity contribution in [3.8, 4) is 11.5 Å². The number of anilines is 1. The van der Waals surface area contributed by atoms with Crippen LogP contribution in [-0.4, -0.2) is 56.8 Å². The molecule has 218 valence electrons. The lowest BCUT2D eigenvalue weighted by molar-refractivity contribution is -0.140. The largest absolute Gasteiger partial charge is 0.454 e. The summed E-state index contributed by atoms with van der Waals surface area (Å²) in [4.78, 5) is 29.4. The van der Waals surface area contributed by atoms with Crippen molar-refractivity contribution in [1.82, 2.24) is 10.2 Å². The summed E-state index contributed by atoms with van der Waals surface area (Å²) in [7, 11) is -3.88. The van der Waals surface area contributed by atoms with Crippen LogP contribution in [0.15, 0.2) is 72.8 Å². The third-order valence-electron chi connectivity index (χ3n) is 7.07. The molecular formula is C31H37N3O6S. The molecule has 0 aliphatic carbocycles. The Balaban J connectivity index is 1.72. The minimum absolute atomic E-state index is 0.0351. The lowest BCUT2D eigenvalue weighted by Gasteiger charge is -2.34. The van der Waals surface area contributed by atoms with Crippen LogP contribution < -0.4 is 19.1 Å². The summed E-state index contributed by atoms with van der Waals surface area (Å²) in [6.45, 7) is 5.53. The number of benzene rings is 3. The Morgan fingerprint density at radius 2 is 1.63 bits per heavy atom. The summed E-state index contributed by atoms with van der Waals surface area (Å²) < 4.78 is 37.8. The maximum atomic E-state index is 14.2. The van der Waals surface area contributed by atoms with Crippen LogP contribution in [-0.2, 0) is 32.6 Å². The monoisotopic (exact) mass is 579 g/mol. The van der Waals surface area contributed by atoms with E-state index in [1.54, 1.807) is 12.1 Å². The Morgan fingerprint density at radius 3 is 2.29 bits per heavy atom. The van der Waals surface area contributed by atoms with Gasteiger partial charge in [0.25, 0.3) is 0 Å². The van der Waals surface area contributed by atoms with Crippen molar-refractivity contribution in [1.29, 1.82) is 0 Å². The van der Waals surface area contributed by atoms with Crippen LogP contribution in [0.2, 0.25) is 0 Å². The first kappa shape index (κ1) is 29.9. The molecule has 1 heterocycles. The molecule has 0 saturated carbocycles. The van der Waals surface area contributed by atoms with Gasteiger partial charge in [0.05, 0.1) is 11.9 Å². The molecule has 0 bridgehead atoms. The van der Waals surface area contributed by atoms with E-state index in [0.29, 0.717) is 11.5 Å². The van der Waals surface area contributed by atoms with E-state index >= 15 is 0 Å². The number of rotatable bonds is 12.